The first-order valence-corrected chi connectivity index (χ1v) is 5.84. The molecule has 96 valence electrons. The zero-order valence-corrected chi connectivity index (χ0v) is 9.85. The molecule has 1 aliphatic carbocycles. The molecule has 5 nitrogen and oxygen atoms in total. The number of nitrogens with one attached hydrogen (secondary N) is 1. The van der Waals surface area contributed by atoms with Crippen LogP contribution < -0.4 is 5.32 Å². The summed E-state index contributed by atoms with van der Waals surface area (Å²) in [5, 5.41) is 21.0. The van der Waals surface area contributed by atoms with Gasteiger partial charge in [0.1, 0.15) is 5.75 Å². The summed E-state index contributed by atoms with van der Waals surface area (Å²) in [4.78, 5) is 22.9. The monoisotopic (exact) mass is 249 g/mol. The van der Waals surface area contributed by atoms with E-state index >= 15 is 0 Å². The number of phenols is 1. The van der Waals surface area contributed by atoms with Crippen molar-refractivity contribution in [2.45, 2.75) is 19.3 Å². The summed E-state index contributed by atoms with van der Waals surface area (Å²) in [5.41, 5.74) is -0.471. The topological polar surface area (TPSA) is 86.6 Å². The fourth-order valence-corrected chi connectivity index (χ4v) is 2.07. The third kappa shape index (κ3) is 2.30. The third-order valence-corrected chi connectivity index (χ3v) is 3.46. The number of hydrogen-bond donors (Lipinski definition) is 3. The molecule has 0 radical (unpaired) electrons. The SMILES string of the molecule is O=C(NCC1(C(=O)O)CCC1)c1cccc(O)c1. The maximum Gasteiger partial charge on any atom is 0.311 e. The number of carbonyl (C=O) groups excluding carboxylic acids is 1. The van der Waals surface area contributed by atoms with Gasteiger partial charge in [-0.05, 0) is 31.0 Å². The molecule has 0 saturated heterocycles. The summed E-state index contributed by atoms with van der Waals surface area (Å²) in [6.45, 7) is 0.136. The first-order valence-electron chi connectivity index (χ1n) is 5.84. The predicted octanol–water partition coefficient (Wildman–Crippen LogP) is 1.38. The Hall–Kier alpha value is -2.04. The number of carboxylic acids is 1. The molecule has 2 rings (SSSR count). The first-order chi connectivity index (χ1) is 8.53. The molecule has 1 aromatic carbocycles. The normalized spacial score (nSPS) is 16.7. The van der Waals surface area contributed by atoms with Crippen molar-refractivity contribution in [2.24, 2.45) is 5.41 Å². The third-order valence-electron chi connectivity index (χ3n) is 3.46. The number of carboxylic acid groups (broad SMARTS) is 1. The Morgan fingerprint density at radius 3 is 2.56 bits per heavy atom. The van der Waals surface area contributed by atoms with Crippen LogP contribution in [0.2, 0.25) is 0 Å². The summed E-state index contributed by atoms with van der Waals surface area (Å²) in [6, 6.07) is 5.97. The molecule has 1 saturated carbocycles. The summed E-state index contributed by atoms with van der Waals surface area (Å²) in [5.74, 6) is -1.21. The Bertz CT molecular complexity index is 480. The number of aliphatic carboxylic acids is 1. The van der Waals surface area contributed by atoms with Gasteiger partial charge in [-0.25, -0.2) is 0 Å². The minimum atomic E-state index is -0.857. The molecular formula is C13H15NO4. The highest BCUT2D eigenvalue weighted by atomic mass is 16.4. The summed E-state index contributed by atoms with van der Waals surface area (Å²) in [6.07, 6.45) is 2.08. The van der Waals surface area contributed by atoms with Gasteiger partial charge in [-0.2, -0.15) is 0 Å². The highest BCUT2D eigenvalue weighted by Crippen LogP contribution is 2.40. The molecule has 3 N–H and O–H groups in total. The van der Waals surface area contributed by atoms with Gasteiger partial charge in [0, 0.05) is 12.1 Å². The van der Waals surface area contributed by atoms with Crippen LogP contribution in [0.3, 0.4) is 0 Å². The number of aromatic hydroxyl groups is 1. The molecule has 1 fully saturated rings. The highest BCUT2D eigenvalue weighted by Gasteiger charge is 2.44. The minimum Gasteiger partial charge on any atom is -0.508 e. The maximum absolute atomic E-state index is 11.8. The molecule has 1 aliphatic rings. The number of rotatable bonds is 4. The summed E-state index contributed by atoms with van der Waals surface area (Å²) in [7, 11) is 0. The number of amides is 1. The zero-order chi connectivity index (χ0) is 13.2. The van der Waals surface area contributed by atoms with E-state index in [9.17, 15) is 14.7 Å². The molecule has 1 aromatic rings. The lowest BCUT2D eigenvalue weighted by Crippen LogP contribution is -2.47. The lowest BCUT2D eigenvalue weighted by atomic mass is 9.69. The van der Waals surface area contributed by atoms with Crippen molar-refractivity contribution >= 4 is 11.9 Å². The van der Waals surface area contributed by atoms with Crippen molar-refractivity contribution in [3.8, 4) is 5.75 Å². The van der Waals surface area contributed by atoms with Crippen molar-refractivity contribution < 1.29 is 19.8 Å². The van der Waals surface area contributed by atoms with Gasteiger partial charge in [0.2, 0.25) is 0 Å². The van der Waals surface area contributed by atoms with Crippen molar-refractivity contribution in [2.75, 3.05) is 6.54 Å². The van der Waals surface area contributed by atoms with Gasteiger partial charge in [-0.1, -0.05) is 12.5 Å². The van der Waals surface area contributed by atoms with Crippen LogP contribution in [0, 0.1) is 5.41 Å². The van der Waals surface area contributed by atoms with Gasteiger partial charge < -0.3 is 15.5 Å². The number of carbonyl (C=O) groups is 2. The predicted molar refractivity (Wildman–Crippen MR) is 64.4 cm³/mol. The van der Waals surface area contributed by atoms with Crippen LogP contribution in [-0.4, -0.2) is 28.6 Å². The fraction of sp³-hybridized carbons (Fsp3) is 0.385. The van der Waals surface area contributed by atoms with E-state index in [1.807, 2.05) is 0 Å². The van der Waals surface area contributed by atoms with E-state index in [1.165, 1.54) is 12.1 Å². The second kappa shape index (κ2) is 4.68. The molecular weight excluding hydrogens is 234 g/mol. The standard InChI is InChI=1S/C13H15NO4/c15-10-4-1-3-9(7-10)11(16)14-8-13(12(17)18)5-2-6-13/h1,3-4,7,15H,2,5-6,8H2,(H,14,16)(H,17,18). The van der Waals surface area contributed by atoms with Gasteiger partial charge in [-0.3, -0.25) is 9.59 Å². The Balaban J connectivity index is 1.98. The van der Waals surface area contributed by atoms with E-state index in [0.29, 0.717) is 18.4 Å². The number of phenolic OH excluding ortho intramolecular Hbond substituents is 1. The number of benzene rings is 1. The largest absolute Gasteiger partial charge is 0.508 e. The molecule has 0 aromatic heterocycles. The molecule has 0 spiro atoms. The number of hydrogen-bond acceptors (Lipinski definition) is 3. The zero-order valence-electron chi connectivity index (χ0n) is 9.85. The van der Waals surface area contributed by atoms with Crippen LogP contribution in [0.15, 0.2) is 24.3 Å². The van der Waals surface area contributed by atoms with Gasteiger partial charge in [0.25, 0.3) is 5.91 Å². The van der Waals surface area contributed by atoms with Gasteiger partial charge >= 0.3 is 5.97 Å². The molecule has 5 heteroatoms. The maximum atomic E-state index is 11.8. The molecule has 1 amide bonds. The van der Waals surface area contributed by atoms with Crippen LogP contribution >= 0.6 is 0 Å². The van der Waals surface area contributed by atoms with Crippen LogP contribution in [0.4, 0.5) is 0 Å². The molecule has 0 aliphatic heterocycles. The average Bonchev–Trinajstić information content (AvgIpc) is 2.26. The highest BCUT2D eigenvalue weighted by molar-refractivity contribution is 5.94. The van der Waals surface area contributed by atoms with Crippen LogP contribution in [0.1, 0.15) is 29.6 Å². The Labute approximate surface area is 104 Å². The lowest BCUT2D eigenvalue weighted by molar-refractivity contribution is -0.153. The van der Waals surface area contributed by atoms with E-state index in [0.717, 1.165) is 6.42 Å². The van der Waals surface area contributed by atoms with Gasteiger partial charge in [0.15, 0.2) is 0 Å². The van der Waals surface area contributed by atoms with Crippen LogP contribution in [-0.2, 0) is 4.79 Å². The second-order valence-corrected chi connectivity index (χ2v) is 4.67. The first kappa shape index (κ1) is 12.4. The summed E-state index contributed by atoms with van der Waals surface area (Å²) >= 11 is 0. The molecule has 0 bridgehead atoms. The minimum absolute atomic E-state index is 0.0132. The van der Waals surface area contributed by atoms with E-state index in [-0.39, 0.29) is 18.2 Å². The van der Waals surface area contributed by atoms with Crippen LogP contribution in [0.25, 0.3) is 0 Å². The Kier molecular flexibility index (Phi) is 3.23. The van der Waals surface area contributed by atoms with Crippen molar-refractivity contribution in [1.82, 2.24) is 5.32 Å². The van der Waals surface area contributed by atoms with E-state index < -0.39 is 11.4 Å². The molecule has 18 heavy (non-hydrogen) atoms. The van der Waals surface area contributed by atoms with Gasteiger partial charge in [0.05, 0.1) is 5.41 Å². The second-order valence-electron chi connectivity index (χ2n) is 4.67. The molecule has 0 unspecified atom stereocenters. The quantitative estimate of drug-likeness (QED) is 0.752. The average molecular weight is 249 g/mol. The van der Waals surface area contributed by atoms with E-state index in [4.69, 9.17) is 5.11 Å². The van der Waals surface area contributed by atoms with Crippen molar-refractivity contribution in [3.05, 3.63) is 29.8 Å². The lowest BCUT2D eigenvalue weighted by Gasteiger charge is -2.37. The van der Waals surface area contributed by atoms with E-state index in [2.05, 4.69) is 5.32 Å². The smallest absolute Gasteiger partial charge is 0.311 e. The van der Waals surface area contributed by atoms with Crippen molar-refractivity contribution in [1.29, 1.82) is 0 Å². The van der Waals surface area contributed by atoms with Crippen LogP contribution in [0.5, 0.6) is 5.75 Å². The van der Waals surface area contributed by atoms with E-state index in [1.54, 1.807) is 12.1 Å². The Morgan fingerprint density at radius 2 is 2.06 bits per heavy atom. The Morgan fingerprint density at radius 1 is 1.33 bits per heavy atom. The summed E-state index contributed by atoms with van der Waals surface area (Å²) < 4.78 is 0. The van der Waals surface area contributed by atoms with Gasteiger partial charge in [-0.15, -0.1) is 0 Å². The fourth-order valence-electron chi connectivity index (χ4n) is 2.07. The molecule has 0 atom stereocenters. The van der Waals surface area contributed by atoms with Crippen molar-refractivity contribution in [3.63, 3.8) is 0 Å². The molecule has 0 heterocycles.